The number of halogens is 1. The average Bonchev–Trinajstić information content (AvgIpc) is 3.33. The molecule has 2 aromatic rings. The number of anilines is 1. The summed E-state index contributed by atoms with van der Waals surface area (Å²) in [5, 5.41) is 9.90. The Bertz CT molecular complexity index is 709. The standard InChI is InChI=1S/C19H25FN4OS/c20-16-8-6-15(7-9-16)14-26-19-22-21-18(23-10-2-1-3-11-23)24(19)13-17-5-4-12-25-17/h6-9,17H,1-5,10-14H2/t17-/m1/s1. The molecule has 1 aromatic heterocycles. The summed E-state index contributed by atoms with van der Waals surface area (Å²) in [7, 11) is 0. The van der Waals surface area contributed by atoms with Crippen molar-refractivity contribution in [3.63, 3.8) is 0 Å². The summed E-state index contributed by atoms with van der Waals surface area (Å²) >= 11 is 1.66. The van der Waals surface area contributed by atoms with E-state index < -0.39 is 0 Å². The smallest absolute Gasteiger partial charge is 0.228 e. The topological polar surface area (TPSA) is 43.2 Å². The second kappa shape index (κ2) is 8.39. The van der Waals surface area contributed by atoms with E-state index in [1.54, 1.807) is 11.8 Å². The van der Waals surface area contributed by atoms with Crippen LogP contribution in [0.25, 0.3) is 0 Å². The maximum atomic E-state index is 13.1. The summed E-state index contributed by atoms with van der Waals surface area (Å²) < 4.78 is 21.2. The van der Waals surface area contributed by atoms with E-state index in [0.717, 1.165) is 61.5 Å². The number of hydrogen-bond acceptors (Lipinski definition) is 5. The minimum atomic E-state index is -0.201. The van der Waals surface area contributed by atoms with Crippen LogP contribution in [0.1, 0.15) is 37.7 Å². The Hall–Kier alpha value is -1.60. The van der Waals surface area contributed by atoms with Gasteiger partial charge in [-0.3, -0.25) is 4.57 Å². The van der Waals surface area contributed by atoms with Gasteiger partial charge in [-0.1, -0.05) is 23.9 Å². The predicted molar refractivity (Wildman–Crippen MR) is 101 cm³/mol. The molecule has 140 valence electrons. The van der Waals surface area contributed by atoms with E-state index in [1.165, 1.54) is 31.4 Å². The lowest BCUT2D eigenvalue weighted by Gasteiger charge is -2.28. The molecule has 26 heavy (non-hydrogen) atoms. The largest absolute Gasteiger partial charge is 0.376 e. The third-order valence-corrected chi connectivity index (χ3v) is 6.07. The maximum absolute atomic E-state index is 13.1. The first-order chi connectivity index (χ1) is 12.8. The predicted octanol–water partition coefficient (Wildman–Crippen LogP) is 3.88. The van der Waals surface area contributed by atoms with Gasteiger partial charge < -0.3 is 9.64 Å². The molecule has 2 fully saturated rings. The number of ether oxygens (including phenoxy) is 1. The minimum Gasteiger partial charge on any atom is -0.376 e. The van der Waals surface area contributed by atoms with Crippen LogP contribution in [-0.2, 0) is 17.0 Å². The Labute approximate surface area is 157 Å². The number of thioether (sulfide) groups is 1. The molecule has 4 rings (SSSR count). The third-order valence-electron chi connectivity index (χ3n) is 5.03. The molecule has 2 saturated heterocycles. The van der Waals surface area contributed by atoms with Gasteiger partial charge in [-0.2, -0.15) is 0 Å². The molecule has 0 spiro atoms. The molecular weight excluding hydrogens is 351 g/mol. The van der Waals surface area contributed by atoms with Crippen LogP contribution in [0.5, 0.6) is 0 Å². The number of hydrogen-bond donors (Lipinski definition) is 0. The number of piperidine rings is 1. The van der Waals surface area contributed by atoms with E-state index in [-0.39, 0.29) is 11.9 Å². The van der Waals surface area contributed by atoms with E-state index in [9.17, 15) is 4.39 Å². The van der Waals surface area contributed by atoms with Crippen molar-refractivity contribution in [2.75, 3.05) is 24.6 Å². The highest BCUT2D eigenvalue weighted by molar-refractivity contribution is 7.98. The van der Waals surface area contributed by atoms with Crippen molar-refractivity contribution in [1.82, 2.24) is 14.8 Å². The number of aromatic nitrogens is 3. The fourth-order valence-electron chi connectivity index (χ4n) is 3.60. The summed E-state index contributed by atoms with van der Waals surface area (Å²) in [4.78, 5) is 2.35. The number of rotatable bonds is 6. The molecular formula is C19H25FN4OS. The van der Waals surface area contributed by atoms with E-state index in [0.29, 0.717) is 0 Å². The first-order valence-electron chi connectivity index (χ1n) is 9.46. The first kappa shape index (κ1) is 17.8. The molecule has 2 aliphatic rings. The SMILES string of the molecule is Fc1ccc(CSc2nnc(N3CCCCC3)n2C[C@H]2CCCO2)cc1. The van der Waals surface area contributed by atoms with Crippen LogP contribution in [0.2, 0.25) is 0 Å². The minimum absolute atomic E-state index is 0.201. The van der Waals surface area contributed by atoms with Crippen molar-refractivity contribution in [2.45, 2.75) is 55.7 Å². The van der Waals surface area contributed by atoms with Gasteiger partial charge >= 0.3 is 0 Å². The molecule has 3 heterocycles. The van der Waals surface area contributed by atoms with Crippen LogP contribution in [0.15, 0.2) is 29.4 Å². The van der Waals surface area contributed by atoms with Crippen LogP contribution in [0.3, 0.4) is 0 Å². The van der Waals surface area contributed by atoms with Gasteiger partial charge in [0.05, 0.1) is 12.6 Å². The highest BCUT2D eigenvalue weighted by Crippen LogP contribution is 2.28. The highest BCUT2D eigenvalue weighted by Gasteiger charge is 2.24. The molecule has 0 aliphatic carbocycles. The summed E-state index contributed by atoms with van der Waals surface area (Å²) in [5.74, 6) is 1.53. The summed E-state index contributed by atoms with van der Waals surface area (Å²) in [5.41, 5.74) is 1.09. The average molecular weight is 377 g/mol. The van der Waals surface area contributed by atoms with Gasteiger partial charge in [-0.15, -0.1) is 10.2 Å². The molecule has 2 aliphatic heterocycles. The lowest BCUT2D eigenvalue weighted by molar-refractivity contribution is 0.0951. The third kappa shape index (κ3) is 4.20. The lowest BCUT2D eigenvalue weighted by Crippen LogP contribution is -2.33. The summed E-state index contributed by atoms with van der Waals surface area (Å²) in [6.07, 6.45) is 6.20. The van der Waals surface area contributed by atoms with Crippen LogP contribution in [0.4, 0.5) is 10.3 Å². The molecule has 0 radical (unpaired) electrons. The Kier molecular flexibility index (Phi) is 5.75. The zero-order valence-electron chi connectivity index (χ0n) is 14.9. The van der Waals surface area contributed by atoms with E-state index in [4.69, 9.17) is 4.74 Å². The normalized spacial score (nSPS) is 20.7. The number of benzene rings is 1. The van der Waals surface area contributed by atoms with Crippen molar-refractivity contribution in [1.29, 1.82) is 0 Å². The monoisotopic (exact) mass is 376 g/mol. The van der Waals surface area contributed by atoms with Gasteiger partial charge in [0.1, 0.15) is 5.82 Å². The second-order valence-electron chi connectivity index (χ2n) is 6.99. The molecule has 0 bridgehead atoms. The summed E-state index contributed by atoms with van der Waals surface area (Å²) in [6.45, 7) is 3.76. The zero-order valence-corrected chi connectivity index (χ0v) is 15.8. The van der Waals surface area contributed by atoms with Gasteiger partial charge in [-0.05, 0) is 49.8 Å². The van der Waals surface area contributed by atoms with Gasteiger partial charge in [0, 0.05) is 25.4 Å². The molecule has 1 atom stereocenters. The van der Waals surface area contributed by atoms with E-state index >= 15 is 0 Å². The van der Waals surface area contributed by atoms with Gasteiger partial charge in [0.15, 0.2) is 5.16 Å². The Morgan fingerprint density at radius 3 is 2.62 bits per heavy atom. The van der Waals surface area contributed by atoms with E-state index in [1.807, 2.05) is 12.1 Å². The molecule has 5 nitrogen and oxygen atoms in total. The van der Waals surface area contributed by atoms with Crippen molar-refractivity contribution >= 4 is 17.7 Å². The Balaban J connectivity index is 1.52. The molecule has 0 N–H and O–H groups in total. The van der Waals surface area contributed by atoms with Gasteiger partial charge in [-0.25, -0.2) is 4.39 Å². The van der Waals surface area contributed by atoms with Crippen LogP contribution < -0.4 is 4.90 Å². The van der Waals surface area contributed by atoms with Crippen molar-refractivity contribution in [3.05, 3.63) is 35.6 Å². The summed E-state index contributed by atoms with van der Waals surface area (Å²) in [6, 6.07) is 6.67. The van der Waals surface area contributed by atoms with Gasteiger partial charge in [0.25, 0.3) is 0 Å². The van der Waals surface area contributed by atoms with E-state index in [2.05, 4.69) is 19.7 Å². The molecule has 0 unspecified atom stereocenters. The molecule has 0 amide bonds. The fraction of sp³-hybridized carbons (Fsp3) is 0.579. The van der Waals surface area contributed by atoms with Crippen LogP contribution >= 0.6 is 11.8 Å². The Morgan fingerprint density at radius 2 is 1.88 bits per heavy atom. The quantitative estimate of drug-likeness (QED) is 0.716. The highest BCUT2D eigenvalue weighted by atomic mass is 32.2. The van der Waals surface area contributed by atoms with Crippen molar-refractivity contribution in [2.24, 2.45) is 0 Å². The molecule has 7 heteroatoms. The second-order valence-corrected chi connectivity index (χ2v) is 7.93. The lowest BCUT2D eigenvalue weighted by atomic mass is 10.1. The Morgan fingerprint density at radius 1 is 1.08 bits per heavy atom. The first-order valence-corrected chi connectivity index (χ1v) is 10.4. The van der Waals surface area contributed by atoms with Gasteiger partial charge in [0.2, 0.25) is 5.95 Å². The zero-order chi connectivity index (χ0) is 17.8. The fourth-order valence-corrected chi connectivity index (χ4v) is 4.49. The van der Waals surface area contributed by atoms with Crippen molar-refractivity contribution < 1.29 is 9.13 Å². The van der Waals surface area contributed by atoms with Crippen LogP contribution in [-0.4, -0.2) is 40.6 Å². The molecule has 0 saturated carbocycles. The molecule has 1 aromatic carbocycles. The maximum Gasteiger partial charge on any atom is 0.228 e. The van der Waals surface area contributed by atoms with Crippen LogP contribution in [0, 0.1) is 5.82 Å². The number of nitrogens with zero attached hydrogens (tertiary/aromatic N) is 4. The van der Waals surface area contributed by atoms with Crippen molar-refractivity contribution in [3.8, 4) is 0 Å².